The van der Waals surface area contributed by atoms with Gasteiger partial charge in [0.05, 0.1) is 38.6 Å². The summed E-state index contributed by atoms with van der Waals surface area (Å²) in [6, 6.07) is -0.972. The lowest BCUT2D eigenvalue weighted by Gasteiger charge is -2.48. The third-order valence-electron chi connectivity index (χ3n) is 19.1. The van der Waals surface area contributed by atoms with E-state index in [9.17, 15) is 61.0 Å². The minimum atomic E-state index is -1.98. The summed E-state index contributed by atoms with van der Waals surface area (Å²) in [4.78, 5) is 13.4. The first-order valence-electron chi connectivity index (χ1n) is 38.4. The quantitative estimate of drug-likeness (QED) is 0.0199. The van der Waals surface area contributed by atoms with E-state index < -0.39 is 124 Å². The molecule has 0 aromatic carbocycles. The first kappa shape index (κ1) is 87.0. The van der Waals surface area contributed by atoms with E-state index in [1.807, 2.05) is 6.08 Å². The fourth-order valence-corrected chi connectivity index (χ4v) is 12.9. The fraction of sp³-hybridized carbons (Fsp3) is 0.882. The summed E-state index contributed by atoms with van der Waals surface area (Å²) in [5.41, 5.74) is 0. The molecule has 0 aliphatic carbocycles. The van der Waals surface area contributed by atoms with E-state index in [2.05, 4.69) is 55.6 Å². The molecule has 0 aromatic rings. The highest BCUT2D eigenvalue weighted by atomic mass is 16.8. The number of unbranched alkanes of at least 4 members (excludes halogenated alkanes) is 38. The van der Waals surface area contributed by atoms with Crippen LogP contribution in [0.2, 0.25) is 0 Å². The number of hydrogen-bond acceptors (Lipinski definition) is 18. The van der Waals surface area contributed by atoms with Gasteiger partial charge >= 0.3 is 0 Å². The summed E-state index contributed by atoms with van der Waals surface area (Å²) in [6.45, 7) is 1.74. The second-order valence-electron chi connectivity index (χ2n) is 27.5. The summed E-state index contributed by atoms with van der Waals surface area (Å²) >= 11 is 0. The van der Waals surface area contributed by atoms with Gasteiger partial charge in [0, 0.05) is 6.42 Å². The number of carbonyl (C=O) groups is 1. The first-order chi connectivity index (χ1) is 46.3. The SMILES string of the molecule is CCCCCCC/C=C\C/C=C\C/C=C\CCCCCCCCCCCCCCCCCCCCCCC(=O)NC(COC1OC(CO)C(OC2OC(CO)C(OC3OC(CO)C(O)C(O)C3O)C(O)C2O)C(O)C1O)C(O)/C=C/CCCCCCCCCCCCCCC. The maximum absolute atomic E-state index is 13.4. The Morgan fingerprint density at radius 2 is 0.695 bits per heavy atom. The van der Waals surface area contributed by atoms with Gasteiger partial charge in [0.25, 0.3) is 0 Å². The van der Waals surface area contributed by atoms with Gasteiger partial charge in [-0.2, -0.15) is 0 Å². The van der Waals surface area contributed by atoms with Crippen molar-refractivity contribution in [3.05, 3.63) is 48.6 Å². The van der Waals surface area contributed by atoms with E-state index in [1.165, 1.54) is 212 Å². The Morgan fingerprint density at radius 3 is 1.08 bits per heavy atom. The molecule has 556 valence electrons. The number of nitrogens with one attached hydrogen (secondary N) is 1. The minimum absolute atomic E-state index is 0.246. The number of allylic oxidation sites excluding steroid dienone is 7. The van der Waals surface area contributed by atoms with Crippen molar-refractivity contribution in [1.29, 1.82) is 0 Å². The maximum Gasteiger partial charge on any atom is 0.220 e. The highest BCUT2D eigenvalue weighted by Gasteiger charge is 2.53. The van der Waals surface area contributed by atoms with E-state index in [4.69, 9.17) is 28.4 Å². The number of aliphatic hydroxyl groups is 11. The van der Waals surface area contributed by atoms with Crippen LogP contribution in [0, 0.1) is 0 Å². The van der Waals surface area contributed by atoms with Crippen LogP contribution in [0.25, 0.3) is 0 Å². The summed E-state index contributed by atoms with van der Waals surface area (Å²) in [5, 5.41) is 121. The number of ether oxygens (including phenoxy) is 6. The Balaban J connectivity index is 1.33. The van der Waals surface area contributed by atoms with Crippen molar-refractivity contribution >= 4 is 5.91 Å². The van der Waals surface area contributed by atoms with Gasteiger partial charge in [-0.1, -0.05) is 281 Å². The Morgan fingerprint density at radius 1 is 0.379 bits per heavy atom. The van der Waals surface area contributed by atoms with Gasteiger partial charge < -0.3 is 89.9 Å². The zero-order chi connectivity index (χ0) is 68.9. The molecule has 17 unspecified atom stereocenters. The first-order valence-corrected chi connectivity index (χ1v) is 38.4. The number of hydrogen-bond donors (Lipinski definition) is 12. The second kappa shape index (κ2) is 57.4. The van der Waals surface area contributed by atoms with Crippen LogP contribution in [0.4, 0.5) is 0 Å². The fourth-order valence-electron chi connectivity index (χ4n) is 12.9. The molecule has 0 saturated carbocycles. The normalized spacial score (nSPS) is 27.4. The Labute approximate surface area is 573 Å². The molecule has 1 amide bonds. The van der Waals surface area contributed by atoms with Gasteiger partial charge in [-0.05, 0) is 57.8 Å². The van der Waals surface area contributed by atoms with Crippen LogP contribution in [0.5, 0.6) is 0 Å². The lowest BCUT2D eigenvalue weighted by atomic mass is 9.96. The highest BCUT2D eigenvalue weighted by Crippen LogP contribution is 2.33. The summed E-state index contributed by atoms with van der Waals surface area (Å²) < 4.78 is 34.4. The van der Waals surface area contributed by atoms with Crippen LogP contribution in [0.15, 0.2) is 48.6 Å². The van der Waals surface area contributed by atoms with E-state index >= 15 is 0 Å². The molecule has 19 nitrogen and oxygen atoms in total. The molecule has 17 atom stereocenters. The van der Waals surface area contributed by atoms with Crippen molar-refractivity contribution in [3.8, 4) is 0 Å². The number of aliphatic hydroxyl groups excluding tert-OH is 11. The van der Waals surface area contributed by atoms with Gasteiger partial charge in [0.1, 0.15) is 73.2 Å². The number of amides is 1. The zero-order valence-corrected chi connectivity index (χ0v) is 59.2. The van der Waals surface area contributed by atoms with Crippen LogP contribution >= 0.6 is 0 Å². The highest BCUT2D eigenvalue weighted by molar-refractivity contribution is 5.76. The zero-order valence-electron chi connectivity index (χ0n) is 59.2. The molecule has 3 aliphatic rings. The van der Waals surface area contributed by atoms with Crippen molar-refractivity contribution in [3.63, 3.8) is 0 Å². The molecule has 0 bridgehead atoms. The molecule has 3 fully saturated rings. The van der Waals surface area contributed by atoms with Gasteiger partial charge in [-0.3, -0.25) is 4.79 Å². The summed E-state index contributed by atoms with van der Waals surface area (Å²) in [7, 11) is 0. The van der Waals surface area contributed by atoms with E-state index in [1.54, 1.807) is 6.08 Å². The van der Waals surface area contributed by atoms with Gasteiger partial charge in [0.2, 0.25) is 5.91 Å². The monoisotopic (exact) mass is 1350 g/mol. The molecule has 0 aromatic heterocycles. The van der Waals surface area contributed by atoms with Crippen LogP contribution in [-0.4, -0.2) is 193 Å². The van der Waals surface area contributed by atoms with Gasteiger partial charge in [-0.15, -0.1) is 0 Å². The Bertz CT molecular complexity index is 1910. The lowest BCUT2D eigenvalue weighted by molar-refractivity contribution is -0.379. The second-order valence-corrected chi connectivity index (χ2v) is 27.5. The van der Waals surface area contributed by atoms with Gasteiger partial charge in [-0.25, -0.2) is 0 Å². The van der Waals surface area contributed by atoms with E-state index in [-0.39, 0.29) is 18.9 Å². The third kappa shape index (κ3) is 38.4. The van der Waals surface area contributed by atoms with E-state index in [0.717, 1.165) is 57.8 Å². The Hall–Kier alpha value is -2.25. The lowest BCUT2D eigenvalue weighted by Crippen LogP contribution is -2.66. The van der Waals surface area contributed by atoms with Crippen molar-refractivity contribution in [2.45, 2.75) is 401 Å². The van der Waals surface area contributed by atoms with Crippen LogP contribution in [0.3, 0.4) is 0 Å². The van der Waals surface area contributed by atoms with Crippen molar-refractivity contribution in [1.82, 2.24) is 5.32 Å². The van der Waals surface area contributed by atoms with Crippen molar-refractivity contribution in [2.75, 3.05) is 26.4 Å². The predicted molar refractivity (Wildman–Crippen MR) is 374 cm³/mol. The average Bonchev–Trinajstić information content (AvgIpc) is 0.799. The molecule has 12 N–H and O–H groups in total. The summed E-state index contributed by atoms with van der Waals surface area (Å²) in [6.07, 6.45) is 43.9. The molecule has 3 saturated heterocycles. The van der Waals surface area contributed by atoms with Crippen LogP contribution < -0.4 is 5.32 Å². The molecule has 0 spiro atoms. The van der Waals surface area contributed by atoms with Crippen molar-refractivity contribution in [2.24, 2.45) is 0 Å². The standard InChI is InChI=1S/C76H139NO18/c1-3-5-7-9-11-13-15-17-19-20-21-22-23-24-25-26-27-28-29-30-31-32-33-34-35-36-37-38-40-42-44-46-48-50-52-54-64(82)77-59(60(81)53-51-49-47-45-43-41-39-18-16-14-12-10-8-6-4-2)58-90-74-70(88)67(85)72(62(56-79)92-74)95-76-71(89)68(86)73(63(57-80)93-76)94-75-69(87)66(84)65(83)61(55-78)91-75/h15,17,20-21,23-24,51,53,59-63,65-76,78-81,83-89H,3-14,16,18-19,22,25-50,52,54-58H2,1-2H3,(H,77,82)/b17-15-,21-20-,24-23-,53-51+. The van der Waals surface area contributed by atoms with Crippen molar-refractivity contribution < 1.29 is 89.4 Å². The topological polar surface area (TPSA) is 307 Å². The smallest absolute Gasteiger partial charge is 0.220 e. The molecule has 0 radical (unpaired) electrons. The van der Waals surface area contributed by atoms with Crippen LogP contribution in [-0.2, 0) is 33.2 Å². The minimum Gasteiger partial charge on any atom is -0.394 e. The third-order valence-corrected chi connectivity index (χ3v) is 19.1. The van der Waals surface area contributed by atoms with Gasteiger partial charge in [0.15, 0.2) is 18.9 Å². The predicted octanol–water partition coefficient (Wildman–Crippen LogP) is 11.7. The Kier molecular flexibility index (Phi) is 52.5. The summed E-state index contributed by atoms with van der Waals surface area (Å²) in [5.74, 6) is -0.272. The molecule has 3 aliphatic heterocycles. The molecule has 3 heterocycles. The maximum atomic E-state index is 13.4. The molecule has 19 heteroatoms. The average molecular weight is 1350 g/mol. The number of carbonyl (C=O) groups excluding carboxylic acids is 1. The molecular formula is C76H139NO18. The number of rotatable bonds is 60. The molecule has 95 heavy (non-hydrogen) atoms. The molecular weight excluding hydrogens is 1210 g/mol. The van der Waals surface area contributed by atoms with Crippen LogP contribution in [0.1, 0.15) is 296 Å². The van der Waals surface area contributed by atoms with E-state index in [0.29, 0.717) is 6.42 Å². The molecule has 3 rings (SSSR count). The largest absolute Gasteiger partial charge is 0.394 e.